The fourth-order valence-corrected chi connectivity index (χ4v) is 14.5. The molecule has 0 aliphatic carbocycles. The minimum Gasteiger partial charge on any atom is -0.310 e. The van der Waals surface area contributed by atoms with Crippen molar-refractivity contribution in [2.75, 3.05) is 9.80 Å². The first-order valence-corrected chi connectivity index (χ1v) is 33.2. The summed E-state index contributed by atoms with van der Waals surface area (Å²) in [7, 11) is 0. The van der Waals surface area contributed by atoms with Crippen molar-refractivity contribution in [2.24, 2.45) is 0 Å². The minimum absolute atomic E-state index is 0.00720. The predicted molar refractivity (Wildman–Crippen MR) is 410 cm³/mol. The molecule has 0 unspecified atom stereocenters. The van der Waals surface area contributed by atoms with Crippen molar-refractivity contribution in [2.45, 2.75) is 105 Å². The topological polar surface area (TPSA) is 63.9 Å². The van der Waals surface area contributed by atoms with E-state index in [9.17, 15) is 21.5 Å². The van der Waals surface area contributed by atoms with Gasteiger partial charge in [0.15, 0.2) is 0 Å². The Morgan fingerprint density at radius 2 is 0.660 bits per heavy atom. The summed E-state index contributed by atoms with van der Waals surface area (Å²) >= 11 is 0. The molecule has 16 rings (SSSR count). The van der Waals surface area contributed by atoms with E-state index in [0.29, 0.717) is 66.8 Å². The second-order valence-electron chi connectivity index (χ2n) is 30.0. The van der Waals surface area contributed by atoms with Crippen LogP contribution in [0.2, 0.25) is 0 Å². The molecule has 14 aromatic rings. The van der Waals surface area contributed by atoms with E-state index in [0.717, 1.165) is 60.5 Å². The molecule has 2 aliphatic rings. The van der Waals surface area contributed by atoms with E-state index >= 15 is 0 Å². The van der Waals surface area contributed by atoms with Crippen LogP contribution < -0.4 is 26.2 Å². The molecule has 0 spiro atoms. The molecule has 0 saturated heterocycles. The Morgan fingerprint density at radius 3 is 1.02 bits per heavy atom. The van der Waals surface area contributed by atoms with E-state index in [-0.39, 0.29) is 80.0 Å². The van der Waals surface area contributed by atoms with Crippen LogP contribution in [0.25, 0.3) is 88.4 Å². The number of rotatable bonds is 7. The number of aromatic nitrogens is 2. The fraction of sp³-hybridized carbons (Fsp3) is 0.178. The highest BCUT2D eigenvalue weighted by Gasteiger charge is 2.45. The van der Waals surface area contributed by atoms with Crippen LogP contribution in [0.5, 0.6) is 0 Å². The Bertz CT molecular complexity index is 6180. The van der Waals surface area contributed by atoms with Crippen LogP contribution in [0.4, 0.5) is 34.1 Å². The van der Waals surface area contributed by atoms with Crippen LogP contribution in [0, 0.1) is 22.7 Å². The average molecular weight is 1260 g/mol. The van der Waals surface area contributed by atoms with Crippen molar-refractivity contribution in [3.05, 3.63) is 282 Å². The molecule has 0 fully saturated rings. The van der Waals surface area contributed by atoms with Gasteiger partial charge in [0.05, 0.1) is 59.6 Å². The zero-order valence-electron chi connectivity index (χ0n) is 67.6. The second kappa shape index (κ2) is 22.2. The first-order valence-electron chi connectivity index (χ1n) is 38.7. The zero-order chi connectivity index (χ0) is 76.8. The van der Waals surface area contributed by atoms with Gasteiger partial charge in [-0.2, -0.15) is 10.5 Å². The highest BCUT2D eigenvalue weighted by atomic mass is 15.2. The molecule has 470 valence electrons. The maximum atomic E-state index is 12.1. The van der Waals surface area contributed by atoms with E-state index in [2.05, 4.69) is 156 Å². The molecule has 7 heteroatoms. The lowest BCUT2D eigenvalue weighted by Crippen LogP contribution is -2.61. The third-order valence-electron chi connectivity index (χ3n) is 19.7. The summed E-state index contributed by atoms with van der Waals surface area (Å²) in [5, 5.41) is 27.4. The van der Waals surface area contributed by atoms with Gasteiger partial charge in [0, 0.05) is 55.7 Å². The van der Waals surface area contributed by atoms with Crippen LogP contribution >= 0.6 is 0 Å². The quantitative estimate of drug-likeness (QED) is 0.149. The average Bonchev–Trinajstić information content (AvgIpc) is 0.754. The van der Waals surface area contributed by atoms with Gasteiger partial charge in [-0.3, -0.25) is 0 Å². The summed E-state index contributed by atoms with van der Waals surface area (Å²) in [6.45, 7) is 25.3. The van der Waals surface area contributed by atoms with E-state index in [1.165, 1.54) is 0 Å². The van der Waals surface area contributed by atoms with E-state index in [4.69, 9.17) is 4.11 Å². The molecular formula is C90H77BN6. The number of hydrogen-bond acceptors (Lipinski definition) is 4. The molecule has 2 aromatic heterocycles. The van der Waals surface area contributed by atoms with E-state index in [1.54, 1.807) is 17.0 Å². The van der Waals surface area contributed by atoms with Crippen molar-refractivity contribution in [3.8, 4) is 56.9 Å². The standard InChI is InChI=1S/C90H77BN6/c1-87(2,3)64-42-61(43-65(50-64)88(4,5)6)58-37-41-75-83(47-58)97(81-53-69(39-35-60(81)55-93)95-78-32-22-18-28-72(78)73-29-19-23-33-79(73)95)85-49-63(62-44-66(89(7,8)9)51-67(45-62)90(10,11)12)48-84-86(85)91(75)74-40-36-57(56-24-14-13-15-25-56)46-82(74)96(84)80-52-68(38-34-59(80)54-92)94-76-30-20-16-26-70(76)71-27-17-21-31-77(71)94/h13-53H,1-12H3/i13D,14D,15D,24D,25D,34D,35D,38D,39D,52D,53D. The second-order valence-corrected chi connectivity index (χ2v) is 30.0. The predicted octanol–water partition coefficient (Wildman–Crippen LogP) is 21.9. The van der Waals surface area contributed by atoms with Crippen LogP contribution in [0.3, 0.4) is 0 Å². The number of nitrogens with zero attached hydrogens (tertiary/aromatic N) is 6. The van der Waals surface area contributed by atoms with E-state index in [1.807, 2.05) is 123 Å². The monoisotopic (exact) mass is 1260 g/mol. The number of hydrogen-bond donors (Lipinski definition) is 0. The Kier molecular flexibility index (Phi) is 11.3. The maximum absolute atomic E-state index is 12.1. The largest absolute Gasteiger partial charge is 0.310 e. The molecule has 0 saturated carbocycles. The molecule has 0 amide bonds. The maximum Gasteiger partial charge on any atom is 0.252 e. The van der Waals surface area contributed by atoms with Crippen molar-refractivity contribution in [3.63, 3.8) is 0 Å². The van der Waals surface area contributed by atoms with Gasteiger partial charge in [-0.25, -0.2) is 0 Å². The SMILES string of the molecule is [2H]c1c([2H])c([2H])c(-c2ccc3c(c2)N(c2c([2H])c(-n4c5ccccc5c5ccccc54)c([2H])c([2H])c2C#N)c2cc(-c4cc(C(C)(C)C)cc(C(C)(C)C)c4)cc4c2B3c2ccc(-c3cc(C(C)(C)C)cc(C(C)(C)C)c3)cc2N4c2c([2H])c(-n3c4ccccc4c4ccccc43)c([2H])c([2H])c2C#N)c([2H])c1[2H]. The number of nitriles is 2. The van der Waals surface area contributed by atoms with E-state index < -0.39 is 59.8 Å². The normalized spacial score (nSPS) is 14.7. The molecule has 6 nitrogen and oxygen atoms in total. The Hall–Kier alpha value is -11.1. The summed E-state index contributed by atoms with van der Waals surface area (Å²) in [6, 6.07) is 59.9. The van der Waals surface area contributed by atoms with Gasteiger partial charge in [-0.1, -0.05) is 247 Å². The number of anilines is 6. The van der Waals surface area contributed by atoms with Gasteiger partial charge in [-0.15, -0.1) is 0 Å². The number of fused-ring (bicyclic) bond motifs is 10. The first-order chi connectivity index (χ1) is 51.1. The van der Waals surface area contributed by atoms with Gasteiger partial charge >= 0.3 is 0 Å². The molecule has 0 bridgehead atoms. The lowest BCUT2D eigenvalue weighted by Gasteiger charge is -2.45. The summed E-state index contributed by atoms with van der Waals surface area (Å²) in [5.74, 6) is 0. The van der Waals surface area contributed by atoms with Crippen LogP contribution in [0.1, 0.15) is 132 Å². The highest BCUT2D eigenvalue weighted by molar-refractivity contribution is 7.00. The van der Waals surface area contributed by atoms with Crippen molar-refractivity contribution < 1.29 is 15.1 Å². The van der Waals surface area contributed by atoms with Gasteiger partial charge in [-0.05, 0) is 178 Å². The smallest absolute Gasteiger partial charge is 0.252 e. The van der Waals surface area contributed by atoms with Crippen molar-refractivity contribution >= 4 is 101 Å². The molecule has 0 atom stereocenters. The first kappa shape index (κ1) is 49.4. The molecular weight excluding hydrogens is 1180 g/mol. The molecule has 12 aromatic carbocycles. The van der Waals surface area contributed by atoms with Crippen molar-refractivity contribution in [1.82, 2.24) is 9.13 Å². The van der Waals surface area contributed by atoms with Crippen LogP contribution in [-0.4, -0.2) is 15.8 Å². The molecule has 97 heavy (non-hydrogen) atoms. The third-order valence-corrected chi connectivity index (χ3v) is 19.7. The summed E-state index contributed by atoms with van der Waals surface area (Å²) < 4.78 is 113. The van der Waals surface area contributed by atoms with Gasteiger partial charge in [0.25, 0.3) is 6.71 Å². The lowest BCUT2D eigenvalue weighted by molar-refractivity contribution is 0.568. The highest BCUT2D eigenvalue weighted by Crippen LogP contribution is 2.51. The summed E-state index contributed by atoms with van der Waals surface area (Å²) in [6.07, 6.45) is 0. The minimum atomic E-state index is -0.841. The molecule has 0 radical (unpaired) electrons. The Balaban J connectivity index is 1.13. The molecule has 0 N–H and O–H groups in total. The number of benzene rings is 12. The Morgan fingerprint density at radius 1 is 0.330 bits per heavy atom. The third kappa shape index (κ3) is 10.0. The van der Waals surface area contributed by atoms with Gasteiger partial charge in [0.1, 0.15) is 12.1 Å². The zero-order valence-corrected chi connectivity index (χ0v) is 56.6. The van der Waals surface area contributed by atoms with Gasteiger partial charge < -0.3 is 18.9 Å². The van der Waals surface area contributed by atoms with Crippen LogP contribution in [0.15, 0.2) is 248 Å². The molecule has 2 aliphatic heterocycles. The summed E-state index contributed by atoms with van der Waals surface area (Å²) in [4.78, 5) is 3.71. The van der Waals surface area contributed by atoms with Gasteiger partial charge in [0.2, 0.25) is 0 Å². The Labute approximate surface area is 586 Å². The summed E-state index contributed by atoms with van der Waals surface area (Å²) in [5.41, 5.74) is 11.5. The number of para-hydroxylation sites is 4. The van der Waals surface area contributed by atoms with Crippen LogP contribution in [-0.2, 0) is 21.7 Å². The fourth-order valence-electron chi connectivity index (χ4n) is 14.5. The molecule has 4 heterocycles. The lowest BCUT2D eigenvalue weighted by atomic mass is 9.33. The van der Waals surface area contributed by atoms with Crippen molar-refractivity contribution in [1.29, 1.82) is 10.5 Å².